The second kappa shape index (κ2) is 4.76. The van der Waals surface area contributed by atoms with Crippen molar-refractivity contribution in [2.24, 2.45) is 0 Å². The van der Waals surface area contributed by atoms with E-state index in [1.807, 2.05) is 13.0 Å². The first-order valence-electron chi connectivity index (χ1n) is 5.53. The molecule has 94 valence electrons. The van der Waals surface area contributed by atoms with E-state index in [1.54, 1.807) is 12.1 Å². The van der Waals surface area contributed by atoms with Crippen LogP contribution in [0, 0.1) is 6.92 Å². The molecular formula is C12H16O4S. The molecule has 0 amide bonds. The normalized spacial score (nSPS) is 20.7. The molecule has 1 heterocycles. The standard InChI is InChI=1S/C12H16O4S/c1-9-3-4-12(17(13,14)15-2)11(7-9)10-5-6-16-8-10/h3-4,7,10H,5-6,8H2,1-2H3. The molecule has 1 aromatic carbocycles. The van der Waals surface area contributed by atoms with Crippen molar-refractivity contribution in [1.82, 2.24) is 0 Å². The van der Waals surface area contributed by atoms with E-state index < -0.39 is 10.1 Å². The van der Waals surface area contributed by atoms with Crippen LogP contribution in [0.15, 0.2) is 23.1 Å². The summed E-state index contributed by atoms with van der Waals surface area (Å²) in [4.78, 5) is 0.265. The van der Waals surface area contributed by atoms with E-state index in [0.29, 0.717) is 13.2 Å². The van der Waals surface area contributed by atoms with Crippen LogP contribution in [0.3, 0.4) is 0 Å². The smallest absolute Gasteiger partial charge is 0.296 e. The van der Waals surface area contributed by atoms with E-state index in [2.05, 4.69) is 4.18 Å². The number of benzene rings is 1. The summed E-state index contributed by atoms with van der Waals surface area (Å²) in [5.41, 5.74) is 1.85. The van der Waals surface area contributed by atoms with Crippen molar-refractivity contribution in [2.45, 2.75) is 24.2 Å². The molecule has 1 atom stereocenters. The highest BCUT2D eigenvalue weighted by Gasteiger charge is 2.26. The van der Waals surface area contributed by atoms with Crippen molar-refractivity contribution in [2.75, 3.05) is 20.3 Å². The van der Waals surface area contributed by atoms with Crippen molar-refractivity contribution in [3.63, 3.8) is 0 Å². The van der Waals surface area contributed by atoms with Gasteiger partial charge in [-0.25, -0.2) is 0 Å². The Hall–Kier alpha value is -0.910. The number of aryl methyl sites for hydroxylation is 1. The lowest BCUT2D eigenvalue weighted by molar-refractivity contribution is 0.193. The Morgan fingerprint density at radius 3 is 2.76 bits per heavy atom. The van der Waals surface area contributed by atoms with Crippen LogP contribution in [0.4, 0.5) is 0 Å². The third kappa shape index (κ3) is 2.51. The highest BCUT2D eigenvalue weighted by molar-refractivity contribution is 7.86. The minimum atomic E-state index is -3.64. The molecule has 1 aliphatic heterocycles. The third-order valence-electron chi connectivity index (χ3n) is 3.02. The largest absolute Gasteiger partial charge is 0.381 e. The van der Waals surface area contributed by atoms with Gasteiger partial charge in [0.25, 0.3) is 10.1 Å². The number of hydrogen-bond donors (Lipinski definition) is 0. The van der Waals surface area contributed by atoms with E-state index in [-0.39, 0.29) is 10.8 Å². The molecule has 5 heteroatoms. The highest BCUT2D eigenvalue weighted by atomic mass is 32.2. The quantitative estimate of drug-likeness (QED) is 0.774. The lowest BCUT2D eigenvalue weighted by atomic mass is 9.97. The van der Waals surface area contributed by atoms with Crippen LogP contribution in [0.5, 0.6) is 0 Å². The van der Waals surface area contributed by atoms with Gasteiger partial charge in [0.05, 0.1) is 18.6 Å². The monoisotopic (exact) mass is 256 g/mol. The van der Waals surface area contributed by atoms with Crippen LogP contribution in [0.2, 0.25) is 0 Å². The first kappa shape index (κ1) is 12.5. The fraction of sp³-hybridized carbons (Fsp3) is 0.500. The van der Waals surface area contributed by atoms with Gasteiger partial charge in [-0.15, -0.1) is 0 Å². The number of hydrogen-bond acceptors (Lipinski definition) is 4. The second-order valence-electron chi connectivity index (χ2n) is 4.22. The van der Waals surface area contributed by atoms with Crippen LogP contribution in [0.1, 0.15) is 23.5 Å². The van der Waals surface area contributed by atoms with Gasteiger partial charge >= 0.3 is 0 Å². The molecule has 0 aliphatic carbocycles. The molecule has 0 saturated carbocycles. The van der Waals surface area contributed by atoms with E-state index >= 15 is 0 Å². The molecule has 1 fully saturated rings. The summed E-state index contributed by atoms with van der Waals surface area (Å²) in [6.45, 7) is 3.21. The molecular weight excluding hydrogens is 240 g/mol. The summed E-state index contributed by atoms with van der Waals surface area (Å²) >= 11 is 0. The Labute approximate surface area is 102 Å². The molecule has 0 bridgehead atoms. The van der Waals surface area contributed by atoms with Crippen LogP contribution in [0.25, 0.3) is 0 Å². The Kier molecular flexibility index (Phi) is 3.51. The molecule has 1 aromatic rings. The molecule has 1 unspecified atom stereocenters. The fourth-order valence-corrected chi connectivity index (χ4v) is 3.01. The zero-order valence-electron chi connectivity index (χ0n) is 9.97. The van der Waals surface area contributed by atoms with E-state index in [4.69, 9.17) is 4.74 Å². The fourth-order valence-electron chi connectivity index (χ4n) is 2.08. The van der Waals surface area contributed by atoms with Crippen molar-refractivity contribution in [3.8, 4) is 0 Å². The van der Waals surface area contributed by atoms with Crippen molar-refractivity contribution in [1.29, 1.82) is 0 Å². The van der Waals surface area contributed by atoms with Gasteiger partial charge in [0.1, 0.15) is 0 Å². The maximum Gasteiger partial charge on any atom is 0.296 e. The van der Waals surface area contributed by atoms with Gasteiger partial charge in [0.2, 0.25) is 0 Å². The topological polar surface area (TPSA) is 52.6 Å². The Balaban J connectivity index is 2.51. The Bertz CT molecular complexity index is 501. The molecule has 0 aromatic heterocycles. The SMILES string of the molecule is COS(=O)(=O)c1ccc(C)cc1C1CCOC1. The lowest BCUT2D eigenvalue weighted by Crippen LogP contribution is -2.10. The van der Waals surface area contributed by atoms with Gasteiger partial charge < -0.3 is 4.74 Å². The number of ether oxygens (including phenoxy) is 1. The molecule has 2 rings (SSSR count). The lowest BCUT2D eigenvalue weighted by Gasteiger charge is -2.14. The zero-order valence-corrected chi connectivity index (χ0v) is 10.8. The highest BCUT2D eigenvalue weighted by Crippen LogP contribution is 2.31. The molecule has 4 nitrogen and oxygen atoms in total. The van der Waals surface area contributed by atoms with Crippen LogP contribution < -0.4 is 0 Å². The first-order chi connectivity index (χ1) is 8.04. The molecule has 1 saturated heterocycles. The van der Waals surface area contributed by atoms with E-state index in [1.165, 1.54) is 7.11 Å². The summed E-state index contributed by atoms with van der Waals surface area (Å²) in [5, 5.41) is 0. The first-order valence-corrected chi connectivity index (χ1v) is 6.94. The van der Waals surface area contributed by atoms with Gasteiger partial charge in [0.15, 0.2) is 0 Å². The summed E-state index contributed by atoms with van der Waals surface area (Å²) in [6, 6.07) is 5.30. The summed E-state index contributed by atoms with van der Waals surface area (Å²) < 4.78 is 33.6. The van der Waals surface area contributed by atoms with Crippen LogP contribution >= 0.6 is 0 Å². The molecule has 17 heavy (non-hydrogen) atoms. The van der Waals surface area contributed by atoms with Gasteiger partial charge in [-0.05, 0) is 25.0 Å². The van der Waals surface area contributed by atoms with Gasteiger partial charge in [0, 0.05) is 12.5 Å². The zero-order chi connectivity index (χ0) is 12.5. The Morgan fingerprint density at radius 2 is 2.18 bits per heavy atom. The van der Waals surface area contributed by atoms with Crippen molar-refractivity contribution in [3.05, 3.63) is 29.3 Å². The van der Waals surface area contributed by atoms with Gasteiger partial charge in [-0.1, -0.05) is 17.7 Å². The van der Waals surface area contributed by atoms with Gasteiger partial charge in [-0.3, -0.25) is 4.18 Å². The molecule has 0 radical (unpaired) electrons. The predicted molar refractivity (Wildman–Crippen MR) is 63.6 cm³/mol. The maximum absolute atomic E-state index is 11.8. The molecule has 0 N–H and O–H groups in total. The minimum absolute atomic E-state index is 0.148. The third-order valence-corrected chi connectivity index (χ3v) is 4.37. The predicted octanol–water partition coefficient (Wildman–Crippen LogP) is 1.83. The molecule has 1 aliphatic rings. The average Bonchev–Trinajstić information content (AvgIpc) is 2.82. The van der Waals surface area contributed by atoms with Crippen LogP contribution in [-0.2, 0) is 19.0 Å². The Morgan fingerprint density at radius 1 is 1.41 bits per heavy atom. The summed E-state index contributed by atoms with van der Waals surface area (Å²) in [5.74, 6) is 0.148. The molecule has 0 spiro atoms. The second-order valence-corrected chi connectivity index (χ2v) is 5.90. The summed E-state index contributed by atoms with van der Waals surface area (Å²) in [6.07, 6.45) is 0.857. The summed E-state index contributed by atoms with van der Waals surface area (Å²) in [7, 11) is -2.45. The average molecular weight is 256 g/mol. The van der Waals surface area contributed by atoms with Crippen LogP contribution in [-0.4, -0.2) is 28.7 Å². The minimum Gasteiger partial charge on any atom is -0.381 e. The van der Waals surface area contributed by atoms with E-state index in [9.17, 15) is 8.42 Å². The van der Waals surface area contributed by atoms with Crippen molar-refractivity contribution >= 4 is 10.1 Å². The maximum atomic E-state index is 11.8. The van der Waals surface area contributed by atoms with Gasteiger partial charge in [-0.2, -0.15) is 8.42 Å². The number of rotatable bonds is 3. The van der Waals surface area contributed by atoms with Crippen molar-refractivity contribution < 1.29 is 17.3 Å². The van der Waals surface area contributed by atoms with E-state index in [0.717, 1.165) is 17.5 Å².